The van der Waals surface area contributed by atoms with Gasteiger partial charge in [0.1, 0.15) is 13.2 Å². The quantitative estimate of drug-likeness (QED) is 0.0486. The first-order valence-electron chi connectivity index (χ1n) is 15.0. The van der Waals surface area contributed by atoms with E-state index in [-0.39, 0.29) is 42.0 Å². The van der Waals surface area contributed by atoms with E-state index in [4.69, 9.17) is 21.0 Å². The third-order valence-electron chi connectivity index (χ3n) is 6.82. The van der Waals surface area contributed by atoms with E-state index in [1.54, 1.807) is 62.4 Å². The number of carbonyl (C=O) groups excluding carboxylic acids is 3. The van der Waals surface area contributed by atoms with Crippen LogP contribution in [0.25, 0.3) is 5.70 Å². The van der Waals surface area contributed by atoms with Crippen LogP contribution in [0.5, 0.6) is 0 Å². The first-order chi connectivity index (χ1) is 22.7. The zero-order valence-electron chi connectivity index (χ0n) is 27.0. The Morgan fingerprint density at radius 1 is 0.958 bits per heavy atom. The van der Waals surface area contributed by atoms with Crippen LogP contribution in [0.4, 0.5) is 23.7 Å². The van der Waals surface area contributed by atoms with Gasteiger partial charge in [-0.25, -0.2) is 4.79 Å². The van der Waals surface area contributed by atoms with E-state index in [2.05, 4.69) is 15.8 Å². The molecule has 0 radical (unpaired) electrons. The van der Waals surface area contributed by atoms with Crippen molar-refractivity contribution in [1.29, 1.82) is 0 Å². The number of nitrogens with one attached hydrogen (secondary N) is 2. The van der Waals surface area contributed by atoms with Gasteiger partial charge in [-0.05, 0) is 43.2 Å². The second-order valence-corrected chi connectivity index (χ2v) is 11.0. The number of nitrogens with two attached hydrogens (primary N) is 2. The highest BCUT2D eigenvalue weighted by Gasteiger charge is 2.33. The first kappa shape index (κ1) is 37.1. The number of ether oxygens (including phenoxy) is 1. The summed E-state index contributed by atoms with van der Waals surface area (Å²) in [4.78, 5) is 44.4. The maximum atomic E-state index is 13.6. The summed E-state index contributed by atoms with van der Waals surface area (Å²) in [7, 11) is 0. The van der Waals surface area contributed by atoms with Crippen LogP contribution in [0, 0.1) is 0 Å². The highest BCUT2D eigenvalue weighted by atomic mass is 19.4. The molecule has 256 valence electrons. The minimum absolute atomic E-state index is 0.00517. The van der Waals surface area contributed by atoms with E-state index >= 15 is 0 Å². The summed E-state index contributed by atoms with van der Waals surface area (Å²) in [6.45, 7) is 6.42. The molecule has 3 aromatic carbocycles. The fourth-order valence-electron chi connectivity index (χ4n) is 4.60. The van der Waals surface area contributed by atoms with Gasteiger partial charge in [0.25, 0.3) is 0 Å². The number of rotatable bonds is 13. The molecule has 0 aliphatic rings. The number of alkyl halides is 3. The molecule has 11 nitrogen and oxygen atoms in total. The van der Waals surface area contributed by atoms with E-state index in [0.29, 0.717) is 11.1 Å². The molecular weight excluding hydrogens is 629 g/mol. The number of hydrogen-bond acceptors (Lipinski definition) is 8. The number of anilines is 1. The molecule has 1 atom stereocenters. The highest BCUT2D eigenvalue weighted by molar-refractivity contribution is 5.97. The lowest BCUT2D eigenvalue weighted by molar-refractivity contribution is -0.137. The van der Waals surface area contributed by atoms with E-state index in [9.17, 15) is 27.6 Å². The molecule has 0 heterocycles. The van der Waals surface area contributed by atoms with Crippen LogP contribution in [0.3, 0.4) is 0 Å². The van der Waals surface area contributed by atoms with Crippen molar-refractivity contribution in [3.63, 3.8) is 0 Å². The molecule has 0 bridgehead atoms. The van der Waals surface area contributed by atoms with Crippen molar-refractivity contribution in [2.75, 3.05) is 12.3 Å². The third-order valence-corrected chi connectivity index (χ3v) is 6.82. The van der Waals surface area contributed by atoms with Crippen molar-refractivity contribution in [2.24, 2.45) is 10.9 Å². The maximum absolute atomic E-state index is 13.6. The number of amidine groups is 1. The van der Waals surface area contributed by atoms with Gasteiger partial charge in [-0.1, -0.05) is 79.7 Å². The van der Waals surface area contributed by atoms with Gasteiger partial charge in [0, 0.05) is 35.1 Å². The molecule has 1 unspecified atom stereocenters. The summed E-state index contributed by atoms with van der Waals surface area (Å²) in [5.74, 6) is -1.17. The summed E-state index contributed by atoms with van der Waals surface area (Å²) >= 11 is 0. The number of nitrogen functional groups attached to an aromatic ring is 1. The van der Waals surface area contributed by atoms with Crippen LogP contribution < -0.4 is 22.1 Å². The smallest absolute Gasteiger partial charge is 0.428 e. The summed E-state index contributed by atoms with van der Waals surface area (Å²) < 4.78 is 45.7. The summed E-state index contributed by atoms with van der Waals surface area (Å²) in [5.41, 5.74) is 12.6. The second-order valence-electron chi connectivity index (χ2n) is 11.0. The lowest BCUT2D eigenvalue weighted by atomic mass is 10.0. The second kappa shape index (κ2) is 17.0. The molecule has 48 heavy (non-hydrogen) atoms. The molecule has 3 aromatic rings. The van der Waals surface area contributed by atoms with Crippen molar-refractivity contribution < 1.29 is 37.1 Å². The lowest BCUT2D eigenvalue weighted by Crippen LogP contribution is -2.49. The predicted octanol–water partition coefficient (Wildman–Crippen LogP) is 5.15. The minimum Gasteiger partial charge on any atom is -0.428 e. The van der Waals surface area contributed by atoms with Crippen LogP contribution in [-0.4, -0.2) is 47.3 Å². The standard InChI is InChI=1S/C34H39F3N6O5/c1-5-29(26-15-27(34(35,36)37)17-28(38)16-26)43(32(45)22(4)41-21(2)3)19-30(44)40-18-23-11-13-25(14-12-23)31(39)42-48-33(46)47-20-24-9-7-6-8-10-24/h5-17,21-22,41H,18-20,38H2,1-4H3,(H2,39,42)(H,40,44)/b29-5-. The molecule has 2 amide bonds. The van der Waals surface area contributed by atoms with Crippen LogP contribution in [0.2, 0.25) is 0 Å². The Balaban J connectivity index is 1.68. The third kappa shape index (κ3) is 11.2. The lowest BCUT2D eigenvalue weighted by Gasteiger charge is -2.29. The fourth-order valence-corrected chi connectivity index (χ4v) is 4.60. The number of allylic oxidation sites excluding steroid dienone is 1. The molecule has 14 heteroatoms. The molecule has 0 spiro atoms. The van der Waals surface area contributed by atoms with Gasteiger partial charge in [-0.2, -0.15) is 13.2 Å². The average Bonchev–Trinajstić information content (AvgIpc) is 3.04. The minimum atomic E-state index is -4.67. The first-order valence-corrected chi connectivity index (χ1v) is 15.0. The number of hydrogen-bond donors (Lipinski definition) is 4. The number of carbonyl (C=O) groups is 3. The Kier molecular flexibility index (Phi) is 13.1. The van der Waals surface area contributed by atoms with E-state index < -0.39 is 42.3 Å². The number of nitrogens with zero attached hydrogens (tertiary/aromatic N) is 2. The molecule has 3 rings (SSSR count). The average molecular weight is 669 g/mol. The maximum Gasteiger partial charge on any atom is 0.535 e. The van der Waals surface area contributed by atoms with Crippen LogP contribution in [0.15, 0.2) is 84.0 Å². The number of benzene rings is 3. The summed E-state index contributed by atoms with van der Waals surface area (Å²) in [6, 6.07) is 17.7. The molecule has 6 N–H and O–H groups in total. The van der Waals surface area contributed by atoms with Gasteiger partial charge < -0.3 is 31.7 Å². The zero-order chi connectivity index (χ0) is 35.4. The Morgan fingerprint density at radius 2 is 1.62 bits per heavy atom. The molecule has 0 saturated heterocycles. The van der Waals surface area contributed by atoms with Crippen molar-refractivity contribution in [3.05, 3.63) is 107 Å². The van der Waals surface area contributed by atoms with E-state index in [0.717, 1.165) is 22.6 Å². The molecule has 0 fully saturated rings. The molecular formula is C34H39F3N6O5. The van der Waals surface area contributed by atoms with Crippen molar-refractivity contribution in [2.45, 2.75) is 59.1 Å². The number of oxime groups is 1. The molecule has 0 aliphatic carbocycles. The Labute approximate surface area is 276 Å². The SMILES string of the molecule is C/C=C(/c1cc(N)cc(C(F)(F)F)c1)N(CC(=O)NCc1ccc(/C(N)=N/OC(=O)OCc2ccccc2)cc1)C(=O)C(C)NC(C)C. The van der Waals surface area contributed by atoms with Gasteiger partial charge in [0.2, 0.25) is 11.8 Å². The van der Waals surface area contributed by atoms with Gasteiger partial charge in [0.15, 0.2) is 5.84 Å². The van der Waals surface area contributed by atoms with Gasteiger partial charge in [-0.3, -0.25) is 14.4 Å². The van der Waals surface area contributed by atoms with Crippen LogP contribution in [-0.2, 0) is 38.5 Å². The van der Waals surface area contributed by atoms with E-state index in [1.807, 2.05) is 19.9 Å². The van der Waals surface area contributed by atoms with Gasteiger partial charge >= 0.3 is 12.3 Å². The summed E-state index contributed by atoms with van der Waals surface area (Å²) in [6.07, 6.45) is -4.24. The van der Waals surface area contributed by atoms with Gasteiger partial charge in [-0.15, -0.1) is 0 Å². The normalized spacial score (nSPS) is 12.8. The molecule has 0 aliphatic heterocycles. The van der Waals surface area contributed by atoms with Crippen molar-refractivity contribution in [1.82, 2.24) is 15.5 Å². The topological polar surface area (TPSA) is 161 Å². The van der Waals surface area contributed by atoms with Crippen LogP contribution in [0.1, 0.15) is 55.5 Å². The highest BCUT2D eigenvalue weighted by Crippen LogP contribution is 2.34. The fraction of sp³-hybridized carbons (Fsp3) is 0.294. The zero-order valence-corrected chi connectivity index (χ0v) is 27.0. The van der Waals surface area contributed by atoms with Crippen molar-refractivity contribution in [3.8, 4) is 0 Å². The largest absolute Gasteiger partial charge is 0.535 e. The monoisotopic (exact) mass is 668 g/mol. The van der Waals surface area contributed by atoms with Crippen molar-refractivity contribution >= 4 is 35.2 Å². The summed E-state index contributed by atoms with van der Waals surface area (Å²) in [5, 5.41) is 9.39. The van der Waals surface area contributed by atoms with Gasteiger partial charge in [0.05, 0.1) is 11.6 Å². The van der Waals surface area contributed by atoms with Crippen LogP contribution >= 0.6 is 0 Å². The molecule has 0 aromatic heterocycles. The Morgan fingerprint density at radius 3 is 2.23 bits per heavy atom. The Bertz CT molecular complexity index is 1630. The number of halogens is 3. The number of amides is 2. The molecule has 0 saturated carbocycles. The predicted molar refractivity (Wildman–Crippen MR) is 176 cm³/mol. The van der Waals surface area contributed by atoms with E-state index in [1.165, 1.54) is 12.1 Å². The Hall–Kier alpha value is -5.37.